The number of nitrogens with one attached hydrogen (secondary N) is 1. The molecule has 28 heavy (non-hydrogen) atoms. The van der Waals surface area contributed by atoms with Gasteiger partial charge in [0.2, 0.25) is 0 Å². The van der Waals surface area contributed by atoms with E-state index in [1.54, 1.807) is 7.11 Å². The first-order valence-electron chi connectivity index (χ1n) is 9.87. The van der Waals surface area contributed by atoms with E-state index in [1.807, 2.05) is 35.2 Å². The molecule has 0 bridgehead atoms. The smallest absolute Gasteiger partial charge is 0.294 e. The summed E-state index contributed by atoms with van der Waals surface area (Å²) < 4.78 is 5.40. The molecule has 2 aliphatic rings. The van der Waals surface area contributed by atoms with Crippen molar-refractivity contribution in [3.8, 4) is 5.75 Å². The zero-order valence-electron chi connectivity index (χ0n) is 15.9. The number of rotatable bonds is 3. The van der Waals surface area contributed by atoms with Crippen molar-refractivity contribution in [1.29, 1.82) is 0 Å². The Hall–Kier alpha value is -3.08. The maximum atomic E-state index is 13.3. The Morgan fingerprint density at radius 3 is 2.86 bits per heavy atom. The number of ether oxygens (including phenoxy) is 1. The summed E-state index contributed by atoms with van der Waals surface area (Å²) in [6.45, 7) is 0.608. The normalized spacial score (nSPS) is 17.9. The van der Waals surface area contributed by atoms with Gasteiger partial charge in [-0.2, -0.15) is 0 Å². The van der Waals surface area contributed by atoms with E-state index in [-0.39, 0.29) is 11.8 Å². The number of para-hydroxylation sites is 1. The largest absolute Gasteiger partial charge is 0.497 e. The lowest BCUT2D eigenvalue weighted by Crippen LogP contribution is -2.31. The molecule has 5 heteroatoms. The molecule has 2 heterocycles. The molecule has 0 radical (unpaired) electrons. The van der Waals surface area contributed by atoms with Crippen LogP contribution in [0.15, 0.2) is 48.5 Å². The number of hydrogen-bond acceptors (Lipinski definition) is 3. The number of benzene rings is 2. The molecule has 1 atom stereocenters. The summed E-state index contributed by atoms with van der Waals surface area (Å²) in [4.78, 5) is 23.1. The maximum Gasteiger partial charge on any atom is 0.294 e. The van der Waals surface area contributed by atoms with Crippen molar-refractivity contribution in [2.75, 3.05) is 18.6 Å². The highest BCUT2D eigenvalue weighted by Crippen LogP contribution is 2.41. The van der Waals surface area contributed by atoms with Crippen LogP contribution in [0, 0.1) is 0 Å². The van der Waals surface area contributed by atoms with Gasteiger partial charge in [-0.3, -0.25) is 4.79 Å². The average Bonchev–Trinajstić information content (AvgIpc) is 3.35. The van der Waals surface area contributed by atoms with Gasteiger partial charge in [-0.25, -0.2) is 4.98 Å². The van der Waals surface area contributed by atoms with Gasteiger partial charge in [0.05, 0.1) is 12.8 Å². The summed E-state index contributed by atoms with van der Waals surface area (Å²) >= 11 is 0. The Labute approximate surface area is 164 Å². The summed E-state index contributed by atoms with van der Waals surface area (Å²) in [7, 11) is 1.68. The summed E-state index contributed by atoms with van der Waals surface area (Å²) in [5.41, 5.74) is 5.48. The van der Waals surface area contributed by atoms with Crippen molar-refractivity contribution in [2.45, 2.75) is 31.6 Å². The van der Waals surface area contributed by atoms with Crippen LogP contribution in [0.25, 0.3) is 0 Å². The van der Waals surface area contributed by atoms with Crippen molar-refractivity contribution in [3.63, 3.8) is 0 Å². The molecule has 2 aromatic carbocycles. The number of methoxy groups -OCH3 is 1. The number of nitrogens with zero attached hydrogens (tertiary/aromatic N) is 2. The van der Waals surface area contributed by atoms with E-state index in [2.05, 4.69) is 28.2 Å². The van der Waals surface area contributed by atoms with E-state index in [4.69, 9.17) is 4.74 Å². The van der Waals surface area contributed by atoms with Gasteiger partial charge < -0.3 is 14.6 Å². The number of fused-ring (bicyclic) bond motifs is 2. The van der Waals surface area contributed by atoms with Crippen LogP contribution < -0.4 is 9.64 Å². The number of anilines is 1. The van der Waals surface area contributed by atoms with E-state index in [1.165, 1.54) is 5.56 Å². The molecule has 5 nitrogen and oxygen atoms in total. The molecule has 1 aliphatic carbocycles. The Balaban J connectivity index is 1.50. The third-order valence-corrected chi connectivity index (χ3v) is 5.87. The second kappa shape index (κ2) is 6.82. The number of imidazole rings is 1. The number of aryl methyl sites for hydroxylation is 2. The predicted octanol–water partition coefficient (Wildman–Crippen LogP) is 4.09. The Bertz CT molecular complexity index is 1020. The maximum absolute atomic E-state index is 13.3. The topological polar surface area (TPSA) is 58.2 Å². The summed E-state index contributed by atoms with van der Waals surface area (Å²) in [6.07, 6.45) is 4.25. The van der Waals surface area contributed by atoms with Crippen LogP contribution in [0.4, 0.5) is 5.69 Å². The molecule has 1 amide bonds. The van der Waals surface area contributed by atoms with Crippen LogP contribution in [-0.2, 0) is 12.8 Å². The molecule has 0 spiro atoms. The minimum atomic E-state index is -0.0488. The third kappa shape index (κ3) is 2.78. The molecule has 1 unspecified atom stereocenters. The van der Waals surface area contributed by atoms with Crippen LogP contribution in [0.2, 0.25) is 0 Å². The molecule has 0 saturated heterocycles. The zero-order valence-corrected chi connectivity index (χ0v) is 15.9. The highest BCUT2D eigenvalue weighted by molar-refractivity contribution is 6.05. The van der Waals surface area contributed by atoms with Crippen molar-refractivity contribution in [2.24, 2.45) is 0 Å². The number of aromatic nitrogens is 2. The summed E-state index contributed by atoms with van der Waals surface area (Å²) in [5.74, 6) is 1.37. The van der Waals surface area contributed by atoms with E-state index in [9.17, 15) is 4.79 Å². The first-order chi connectivity index (χ1) is 13.7. The number of carbonyl (C=O) groups excluding carboxylic acids is 1. The number of hydrogen-bond donors (Lipinski definition) is 1. The second-order valence-corrected chi connectivity index (χ2v) is 7.52. The van der Waals surface area contributed by atoms with Crippen LogP contribution in [0.1, 0.15) is 51.9 Å². The molecule has 0 fully saturated rings. The van der Waals surface area contributed by atoms with Gasteiger partial charge in [-0.15, -0.1) is 0 Å². The molecule has 1 N–H and O–H groups in total. The number of amides is 1. The minimum Gasteiger partial charge on any atom is -0.497 e. The molecule has 0 saturated carbocycles. The van der Waals surface area contributed by atoms with E-state index < -0.39 is 0 Å². The lowest BCUT2D eigenvalue weighted by atomic mass is 9.93. The van der Waals surface area contributed by atoms with Gasteiger partial charge in [-0.1, -0.05) is 30.3 Å². The fourth-order valence-electron chi connectivity index (χ4n) is 4.43. The number of aromatic amines is 1. The quantitative estimate of drug-likeness (QED) is 0.752. The molecular weight excluding hydrogens is 350 g/mol. The summed E-state index contributed by atoms with van der Waals surface area (Å²) in [6, 6.07) is 16.3. The second-order valence-electron chi connectivity index (χ2n) is 7.52. The van der Waals surface area contributed by atoms with Gasteiger partial charge in [0.15, 0.2) is 5.82 Å². The monoisotopic (exact) mass is 373 g/mol. The fourth-order valence-corrected chi connectivity index (χ4v) is 4.43. The van der Waals surface area contributed by atoms with Crippen molar-refractivity contribution in [3.05, 3.63) is 76.9 Å². The Morgan fingerprint density at radius 1 is 1.14 bits per heavy atom. The molecule has 1 aliphatic heterocycles. The lowest BCUT2D eigenvalue weighted by Gasteiger charge is -2.17. The predicted molar refractivity (Wildman–Crippen MR) is 108 cm³/mol. The van der Waals surface area contributed by atoms with E-state index in [0.717, 1.165) is 54.1 Å². The zero-order chi connectivity index (χ0) is 19.1. The van der Waals surface area contributed by atoms with Crippen LogP contribution in [0.3, 0.4) is 0 Å². The molecule has 5 rings (SSSR count). The molecule has 142 valence electrons. The van der Waals surface area contributed by atoms with Crippen molar-refractivity contribution >= 4 is 11.6 Å². The lowest BCUT2D eigenvalue weighted by molar-refractivity contribution is 0.0979. The van der Waals surface area contributed by atoms with Crippen LogP contribution in [-0.4, -0.2) is 29.5 Å². The van der Waals surface area contributed by atoms with Gasteiger partial charge in [0.25, 0.3) is 5.91 Å². The first kappa shape index (κ1) is 17.0. The SMILES string of the molecule is COc1cccc(C2CN(C(=O)c3nc4c([nH]3)CCCC4)c3ccccc32)c1. The first-order valence-corrected chi connectivity index (χ1v) is 9.87. The van der Waals surface area contributed by atoms with Crippen LogP contribution >= 0.6 is 0 Å². The number of carbonyl (C=O) groups is 1. The number of H-pyrrole nitrogens is 1. The average molecular weight is 373 g/mol. The highest BCUT2D eigenvalue weighted by Gasteiger charge is 2.35. The standard InChI is InChI=1S/C23H23N3O2/c1-28-16-8-6-7-15(13-16)18-14-26(21-12-5-2-9-17(18)21)23(27)22-24-19-10-3-4-11-20(19)25-22/h2,5-9,12-13,18H,3-4,10-11,14H2,1H3,(H,24,25). The Morgan fingerprint density at radius 2 is 2.00 bits per heavy atom. The van der Waals surface area contributed by atoms with Gasteiger partial charge >= 0.3 is 0 Å². The summed E-state index contributed by atoms with van der Waals surface area (Å²) in [5, 5.41) is 0. The van der Waals surface area contributed by atoms with Gasteiger partial charge in [0.1, 0.15) is 5.75 Å². The van der Waals surface area contributed by atoms with Crippen molar-refractivity contribution in [1.82, 2.24) is 9.97 Å². The van der Waals surface area contributed by atoms with Gasteiger partial charge in [0, 0.05) is 23.8 Å². The van der Waals surface area contributed by atoms with E-state index >= 15 is 0 Å². The Kier molecular flexibility index (Phi) is 4.15. The molecule has 1 aromatic heterocycles. The van der Waals surface area contributed by atoms with E-state index in [0.29, 0.717) is 12.4 Å². The molecular formula is C23H23N3O2. The fraction of sp³-hybridized carbons (Fsp3) is 0.304. The van der Waals surface area contributed by atoms with Crippen molar-refractivity contribution < 1.29 is 9.53 Å². The third-order valence-electron chi connectivity index (χ3n) is 5.87. The highest BCUT2D eigenvalue weighted by atomic mass is 16.5. The van der Waals surface area contributed by atoms with Gasteiger partial charge in [-0.05, 0) is 55.0 Å². The minimum absolute atomic E-state index is 0.0488. The van der Waals surface area contributed by atoms with Crippen LogP contribution in [0.5, 0.6) is 5.75 Å². The molecule has 3 aromatic rings.